The van der Waals surface area contributed by atoms with E-state index in [1.807, 2.05) is 12.1 Å². The number of carbonyl (C=O) groups excluding carboxylic acids is 1. The second kappa shape index (κ2) is 5.43. The number of nitrogens with two attached hydrogens (primary N) is 1. The summed E-state index contributed by atoms with van der Waals surface area (Å²) in [6.45, 7) is 1.98. The van der Waals surface area contributed by atoms with Crippen LogP contribution >= 0.6 is 0 Å². The van der Waals surface area contributed by atoms with Crippen molar-refractivity contribution in [3.63, 3.8) is 0 Å². The van der Waals surface area contributed by atoms with Crippen LogP contribution < -0.4 is 5.73 Å². The van der Waals surface area contributed by atoms with Gasteiger partial charge in [0.15, 0.2) is 5.78 Å². The first-order chi connectivity index (χ1) is 8.18. The number of ketones is 1. The fourth-order valence-corrected chi connectivity index (χ4v) is 2.32. The Morgan fingerprint density at radius 1 is 1.41 bits per heavy atom. The molecule has 0 aliphatic carbocycles. The largest absolute Gasteiger partial charge is 0.318 e. The van der Waals surface area contributed by atoms with Gasteiger partial charge in [0.2, 0.25) is 0 Å². The van der Waals surface area contributed by atoms with Gasteiger partial charge in [-0.15, -0.1) is 0 Å². The molecule has 1 saturated heterocycles. The molecule has 1 radical (unpaired) electrons. The number of likely N-dealkylation sites (tertiary alicyclic amines) is 1. The molecule has 2 rings (SSSR count). The highest BCUT2D eigenvalue weighted by Gasteiger charge is 2.27. The molecule has 1 unspecified atom stereocenters. The van der Waals surface area contributed by atoms with Crippen LogP contribution in [0.25, 0.3) is 0 Å². The van der Waals surface area contributed by atoms with Crippen molar-refractivity contribution in [1.29, 1.82) is 0 Å². The first-order valence-corrected chi connectivity index (χ1v) is 6.12. The van der Waals surface area contributed by atoms with Crippen LogP contribution in [0.4, 0.5) is 0 Å². The zero-order valence-electron chi connectivity index (χ0n) is 10.2. The van der Waals surface area contributed by atoms with Crippen molar-refractivity contribution in [3.8, 4) is 0 Å². The summed E-state index contributed by atoms with van der Waals surface area (Å²) in [5, 5.41) is 0. The molecule has 0 amide bonds. The molecule has 1 fully saturated rings. The van der Waals surface area contributed by atoms with Gasteiger partial charge in [-0.05, 0) is 44.6 Å². The van der Waals surface area contributed by atoms with Crippen molar-refractivity contribution in [2.45, 2.75) is 18.9 Å². The van der Waals surface area contributed by atoms with E-state index in [1.54, 1.807) is 12.1 Å². The molecule has 3 heteroatoms. The summed E-state index contributed by atoms with van der Waals surface area (Å²) in [5.74, 6) is 0.315. The maximum absolute atomic E-state index is 12.3. The van der Waals surface area contributed by atoms with E-state index in [4.69, 9.17) is 5.73 Å². The van der Waals surface area contributed by atoms with Gasteiger partial charge in [-0.1, -0.05) is 24.3 Å². The van der Waals surface area contributed by atoms with Crippen molar-refractivity contribution in [1.82, 2.24) is 4.90 Å². The second-order valence-corrected chi connectivity index (χ2v) is 4.79. The van der Waals surface area contributed by atoms with Crippen LogP contribution in [0.15, 0.2) is 24.3 Å². The summed E-state index contributed by atoms with van der Waals surface area (Å²) >= 11 is 0. The molecular weight excluding hydrogens is 212 g/mol. The van der Waals surface area contributed by atoms with E-state index in [0.717, 1.165) is 31.5 Å². The van der Waals surface area contributed by atoms with Crippen LogP contribution in [-0.2, 0) is 4.79 Å². The van der Waals surface area contributed by atoms with E-state index >= 15 is 0 Å². The summed E-state index contributed by atoms with van der Waals surface area (Å²) < 4.78 is 0. The molecule has 1 heterocycles. The monoisotopic (exact) mass is 231 g/mol. The molecule has 3 nitrogen and oxygen atoms in total. The lowest BCUT2D eigenvalue weighted by Gasteiger charge is -2.29. The number of rotatable bonds is 3. The van der Waals surface area contributed by atoms with E-state index in [2.05, 4.69) is 18.0 Å². The number of hydrogen-bond acceptors (Lipinski definition) is 3. The summed E-state index contributed by atoms with van der Waals surface area (Å²) in [6.07, 6.45) is 1.87. The lowest BCUT2D eigenvalue weighted by atomic mass is 9.87. The van der Waals surface area contributed by atoms with Gasteiger partial charge in [-0.2, -0.15) is 0 Å². The predicted molar refractivity (Wildman–Crippen MR) is 67.4 cm³/mol. The molecule has 1 atom stereocenters. The Morgan fingerprint density at radius 3 is 2.59 bits per heavy atom. The average molecular weight is 231 g/mol. The van der Waals surface area contributed by atoms with Crippen molar-refractivity contribution in [2.75, 3.05) is 20.1 Å². The number of piperidine rings is 1. The van der Waals surface area contributed by atoms with Crippen LogP contribution in [0.5, 0.6) is 0 Å². The molecule has 0 bridgehead atoms. The second-order valence-electron chi connectivity index (χ2n) is 4.79. The number of carbonyl (C=O) groups is 1. The topological polar surface area (TPSA) is 46.3 Å². The third-order valence-corrected chi connectivity index (χ3v) is 3.53. The molecule has 0 saturated carbocycles. The summed E-state index contributed by atoms with van der Waals surface area (Å²) in [7, 11) is 2.09. The smallest absolute Gasteiger partial charge is 0.157 e. The maximum atomic E-state index is 12.3. The number of Topliss-reactive ketones (excluding diaryl/α,β-unsaturated/α-hetero) is 1. The summed E-state index contributed by atoms with van der Waals surface area (Å²) in [6, 6.07) is 9.81. The minimum atomic E-state index is -0.474. The van der Waals surface area contributed by atoms with Crippen LogP contribution in [0.1, 0.15) is 24.4 Å². The lowest BCUT2D eigenvalue weighted by Crippen LogP contribution is -2.37. The minimum Gasteiger partial charge on any atom is -0.318 e. The molecule has 1 aromatic carbocycles. The average Bonchev–Trinajstić information content (AvgIpc) is 2.39. The molecule has 91 valence electrons. The van der Waals surface area contributed by atoms with Gasteiger partial charge in [0.1, 0.15) is 0 Å². The van der Waals surface area contributed by atoms with Crippen LogP contribution in [0.3, 0.4) is 0 Å². The van der Waals surface area contributed by atoms with Crippen molar-refractivity contribution < 1.29 is 4.79 Å². The van der Waals surface area contributed by atoms with Gasteiger partial charge < -0.3 is 10.6 Å². The van der Waals surface area contributed by atoms with E-state index < -0.39 is 6.04 Å². The fraction of sp³-hybridized carbons (Fsp3) is 0.500. The zero-order valence-corrected chi connectivity index (χ0v) is 10.2. The Morgan fingerprint density at radius 2 is 2.00 bits per heavy atom. The quantitative estimate of drug-likeness (QED) is 0.855. The Hall–Kier alpha value is -1.19. The van der Waals surface area contributed by atoms with Crippen LogP contribution in [0, 0.1) is 12.0 Å². The Kier molecular flexibility index (Phi) is 3.92. The van der Waals surface area contributed by atoms with Gasteiger partial charge in [-0.25, -0.2) is 0 Å². The SMILES string of the molecule is CN1CCC(C(=O)C(N)c2cc[c]cc2)CC1. The molecule has 1 aromatic rings. The van der Waals surface area contributed by atoms with Gasteiger partial charge in [0.25, 0.3) is 0 Å². The first kappa shape index (κ1) is 12.3. The van der Waals surface area contributed by atoms with E-state index in [-0.39, 0.29) is 11.7 Å². The number of hydrogen-bond donors (Lipinski definition) is 1. The first-order valence-electron chi connectivity index (χ1n) is 6.12. The van der Waals surface area contributed by atoms with Gasteiger partial charge >= 0.3 is 0 Å². The number of benzene rings is 1. The standard InChI is InChI=1S/C14H19N2O/c1-16-9-7-12(8-10-16)14(17)13(15)11-5-3-2-4-6-11/h3-6,12-13H,7-10,15H2,1H3. The van der Waals surface area contributed by atoms with Gasteiger partial charge in [0, 0.05) is 5.92 Å². The summed E-state index contributed by atoms with van der Waals surface area (Å²) in [4.78, 5) is 14.5. The molecule has 0 aromatic heterocycles. The predicted octanol–water partition coefficient (Wildman–Crippen LogP) is 1.40. The Balaban J connectivity index is 2.00. The molecule has 17 heavy (non-hydrogen) atoms. The molecular formula is C14H19N2O. The van der Waals surface area contributed by atoms with Gasteiger partial charge in [0.05, 0.1) is 6.04 Å². The fourth-order valence-electron chi connectivity index (χ4n) is 2.32. The third kappa shape index (κ3) is 2.93. The zero-order chi connectivity index (χ0) is 12.3. The van der Waals surface area contributed by atoms with E-state index in [0.29, 0.717) is 0 Å². The molecule has 1 aliphatic heterocycles. The van der Waals surface area contributed by atoms with E-state index in [9.17, 15) is 4.79 Å². The van der Waals surface area contributed by atoms with Gasteiger partial charge in [-0.3, -0.25) is 4.79 Å². The van der Waals surface area contributed by atoms with Crippen LogP contribution in [-0.4, -0.2) is 30.8 Å². The highest BCUT2D eigenvalue weighted by molar-refractivity contribution is 5.87. The maximum Gasteiger partial charge on any atom is 0.157 e. The lowest BCUT2D eigenvalue weighted by molar-refractivity contribution is -0.125. The highest BCUT2D eigenvalue weighted by atomic mass is 16.1. The normalized spacial score (nSPS) is 20.1. The molecule has 0 spiro atoms. The number of nitrogens with zero attached hydrogens (tertiary/aromatic N) is 1. The van der Waals surface area contributed by atoms with Crippen molar-refractivity contribution >= 4 is 5.78 Å². The summed E-state index contributed by atoms with van der Waals surface area (Å²) in [5.41, 5.74) is 6.92. The molecule has 1 aliphatic rings. The van der Waals surface area contributed by atoms with Crippen LogP contribution in [0.2, 0.25) is 0 Å². The highest BCUT2D eigenvalue weighted by Crippen LogP contribution is 2.23. The van der Waals surface area contributed by atoms with Crippen molar-refractivity contribution in [2.24, 2.45) is 11.7 Å². The Bertz CT molecular complexity index is 369. The van der Waals surface area contributed by atoms with Crippen molar-refractivity contribution in [3.05, 3.63) is 35.9 Å². The van der Waals surface area contributed by atoms with E-state index in [1.165, 1.54) is 0 Å². The Labute approximate surface area is 103 Å². The third-order valence-electron chi connectivity index (χ3n) is 3.53. The minimum absolute atomic E-state index is 0.130. The molecule has 2 N–H and O–H groups in total.